The molecule has 1 rings (SSSR count). The molecule has 0 aromatic carbocycles. The van der Waals surface area contributed by atoms with Gasteiger partial charge in [-0.25, -0.2) is 0 Å². The normalized spacial score (nSPS) is 19.3. The molecule has 1 unspecified atom stereocenters. The zero-order chi connectivity index (χ0) is 12.9. The second kappa shape index (κ2) is 6.36. The average molecular weight is 242 g/mol. The summed E-state index contributed by atoms with van der Waals surface area (Å²) in [5, 5.41) is 12.2. The van der Waals surface area contributed by atoms with Crippen LogP contribution < -0.4 is 5.32 Å². The highest BCUT2D eigenvalue weighted by Gasteiger charge is 2.34. The maximum absolute atomic E-state index is 11.3. The molecule has 4 nitrogen and oxygen atoms in total. The lowest BCUT2D eigenvalue weighted by atomic mass is 9.90. The van der Waals surface area contributed by atoms with Crippen molar-refractivity contribution < 1.29 is 9.90 Å². The Morgan fingerprint density at radius 2 is 2.18 bits per heavy atom. The first-order valence-electron chi connectivity index (χ1n) is 6.65. The molecule has 0 heterocycles. The molecule has 0 amide bonds. The van der Waals surface area contributed by atoms with E-state index in [1.54, 1.807) is 7.05 Å². The van der Waals surface area contributed by atoms with Crippen molar-refractivity contribution in [3.63, 3.8) is 0 Å². The third kappa shape index (κ3) is 4.28. The van der Waals surface area contributed by atoms with Gasteiger partial charge in [-0.05, 0) is 58.7 Å². The van der Waals surface area contributed by atoms with Crippen LogP contribution in [0, 0.1) is 5.92 Å². The van der Waals surface area contributed by atoms with Crippen molar-refractivity contribution in [2.75, 3.05) is 27.2 Å². The predicted molar refractivity (Wildman–Crippen MR) is 69.2 cm³/mol. The lowest BCUT2D eigenvalue weighted by Crippen LogP contribution is -2.50. The van der Waals surface area contributed by atoms with Gasteiger partial charge in [0.1, 0.15) is 5.54 Å². The lowest BCUT2D eigenvalue weighted by molar-refractivity contribution is -0.145. The number of likely N-dealkylation sites (N-methyl/N-ethyl adjacent to an activating group) is 1. The molecule has 0 bridgehead atoms. The van der Waals surface area contributed by atoms with Gasteiger partial charge in [-0.1, -0.05) is 6.92 Å². The summed E-state index contributed by atoms with van der Waals surface area (Å²) in [6.45, 7) is 4.09. The predicted octanol–water partition coefficient (Wildman–Crippen LogP) is 1.56. The van der Waals surface area contributed by atoms with E-state index in [9.17, 15) is 9.90 Å². The Morgan fingerprint density at radius 3 is 2.59 bits per heavy atom. The summed E-state index contributed by atoms with van der Waals surface area (Å²) in [4.78, 5) is 13.6. The number of carbonyl (C=O) groups is 1. The number of nitrogens with zero attached hydrogens (tertiary/aromatic N) is 1. The van der Waals surface area contributed by atoms with Gasteiger partial charge in [-0.15, -0.1) is 0 Å². The fraction of sp³-hybridized carbons (Fsp3) is 0.923. The van der Waals surface area contributed by atoms with Gasteiger partial charge in [0.25, 0.3) is 0 Å². The maximum atomic E-state index is 11.3. The van der Waals surface area contributed by atoms with Crippen molar-refractivity contribution in [3.05, 3.63) is 0 Å². The number of carboxylic acids is 1. The van der Waals surface area contributed by atoms with Crippen LogP contribution in [0.4, 0.5) is 0 Å². The summed E-state index contributed by atoms with van der Waals surface area (Å²) >= 11 is 0. The smallest absolute Gasteiger partial charge is 0.323 e. The number of hydrogen-bond donors (Lipinski definition) is 2. The first-order valence-corrected chi connectivity index (χ1v) is 6.65. The minimum atomic E-state index is -0.736. The third-order valence-corrected chi connectivity index (χ3v) is 3.90. The van der Waals surface area contributed by atoms with Gasteiger partial charge in [-0.3, -0.25) is 4.79 Å². The number of carboxylic acid groups (broad SMARTS) is 1. The summed E-state index contributed by atoms with van der Waals surface area (Å²) in [6.07, 6.45) is 5.00. The van der Waals surface area contributed by atoms with Gasteiger partial charge in [-0.2, -0.15) is 0 Å². The molecule has 4 heteroatoms. The van der Waals surface area contributed by atoms with E-state index >= 15 is 0 Å². The molecule has 100 valence electrons. The van der Waals surface area contributed by atoms with E-state index in [0.717, 1.165) is 18.9 Å². The van der Waals surface area contributed by atoms with Crippen LogP contribution in [0.25, 0.3) is 0 Å². The molecular formula is C13H26N2O2. The Hall–Kier alpha value is -0.610. The highest BCUT2D eigenvalue weighted by atomic mass is 16.4. The summed E-state index contributed by atoms with van der Waals surface area (Å²) in [6, 6.07) is 0. The molecule has 1 saturated carbocycles. The molecule has 1 atom stereocenters. The topological polar surface area (TPSA) is 52.6 Å². The van der Waals surface area contributed by atoms with Crippen LogP contribution >= 0.6 is 0 Å². The highest BCUT2D eigenvalue weighted by Crippen LogP contribution is 2.29. The molecule has 0 aromatic heterocycles. The molecule has 0 radical (unpaired) electrons. The molecule has 2 N–H and O–H groups in total. The molecule has 0 aromatic rings. The second-order valence-electron chi connectivity index (χ2n) is 5.30. The van der Waals surface area contributed by atoms with E-state index in [1.807, 2.05) is 6.92 Å². The molecule has 1 aliphatic rings. The van der Waals surface area contributed by atoms with Gasteiger partial charge >= 0.3 is 5.97 Å². The molecule has 0 aliphatic heterocycles. The zero-order valence-corrected chi connectivity index (χ0v) is 11.3. The van der Waals surface area contributed by atoms with Crippen LogP contribution in [0.1, 0.15) is 39.0 Å². The van der Waals surface area contributed by atoms with Gasteiger partial charge in [0.15, 0.2) is 0 Å². The zero-order valence-electron chi connectivity index (χ0n) is 11.3. The van der Waals surface area contributed by atoms with Crippen molar-refractivity contribution in [2.24, 2.45) is 5.92 Å². The van der Waals surface area contributed by atoms with E-state index in [-0.39, 0.29) is 0 Å². The van der Waals surface area contributed by atoms with Crippen molar-refractivity contribution in [1.29, 1.82) is 0 Å². The highest BCUT2D eigenvalue weighted by molar-refractivity contribution is 5.78. The number of aliphatic carboxylic acids is 1. The monoisotopic (exact) mass is 242 g/mol. The Morgan fingerprint density at radius 1 is 1.53 bits per heavy atom. The Bertz CT molecular complexity index is 248. The first kappa shape index (κ1) is 14.5. The van der Waals surface area contributed by atoms with Crippen molar-refractivity contribution >= 4 is 5.97 Å². The molecule has 1 fully saturated rings. The van der Waals surface area contributed by atoms with Crippen LogP contribution in [0.3, 0.4) is 0 Å². The largest absolute Gasteiger partial charge is 0.480 e. The van der Waals surface area contributed by atoms with Crippen molar-refractivity contribution in [1.82, 2.24) is 10.2 Å². The fourth-order valence-corrected chi connectivity index (χ4v) is 2.33. The van der Waals surface area contributed by atoms with Crippen molar-refractivity contribution in [2.45, 2.75) is 44.6 Å². The van der Waals surface area contributed by atoms with E-state index in [4.69, 9.17) is 0 Å². The quantitative estimate of drug-likeness (QED) is 0.644. The summed E-state index contributed by atoms with van der Waals surface area (Å²) < 4.78 is 0. The fourth-order valence-electron chi connectivity index (χ4n) is 2.33. The molecule has 1 aliphatic carbocycles. The number of nitrogens with one attached hydrogen (secondary N) is 1. The summed E-state index contributed by atoms with van der Waals surface area (Å²) in [5.74, 6) is 0.173. The van der Waals surface area contributed by atoms with E-state index < -0.39 is 11.5 Å². The Balaban J connectivity index is 2.28. The van der Waals surface area contributed by atoms with Gasteiger partial charge < -0.3 is 15.3 Å². The lowest BCUT2D eigenvalue weighted by Gasteiger charge is -2.28. The third-order valence-electron chi connectivity index (χ3n) is 3.90. The SMILES string of the molecule is CCC(CCCN(C)CC1CC1)(NC)C(=O)O. The second-order valence-corrected chi connectivity index (χ2v) is 5.30. The van der Waals surface area contributed by atoms with E-state index in [1.165, 1.54) is 19.4 Å². The van der Waals surface area contributed by atoms with Crippen LogP contribution in [0.2, 0.25) is 0 Å². The van der Waals surface area contributed by atoms with E-state index in [2.05, 4.69) is 17.3 Å². The average Bonchev–Trinajstić information content (AvgIpc) is 3.08. The summed E-state index contributed by atoms with van der Waals surface area (Å²) in [7, 11) is 3.87. The molecule has 0 saturated heterocycles. The molecular weight excluding hydrogens is 216 g/mol. The van der Waals surface area contributed by atoms with Gasteiger partial charge in [0, 0.05) is 6.54 Å². The van der Waals surface area contributed by atoms with Crippen LogP contribution in [0.15, 0.2) is 0 Å². The molecule has 0 spiro atoms. The molecule has 17 heavy (non-hydrogen) atoms. The number of rotatable bonds is 9. The minimum absolute atomic E-state index is 0.630. The van der Waals surface area contributed by atoms with Crippen LogP contribution in [0.5, 0.6) is 0 Å². The van der Waals surface area contributed by atoms with Crippen molar-refractivity contribution in [3.8, 4) is 0 Å². The summed E-state index contributed by atoms with van der Waals surface area (Å²) in [5.41, 5.74) is -0.736. The van der Waals surface area contributed by atoms with Gasteiger partial charge in [0.05, 0.1) is 0 Å². The van der Waals surface area contributed by atoms with Crippen LogP contribution in [-0.2, 0) is 4.79 Å². The van der Waals surface area contributed by atoms with E-state index in [0.29, 0.717) is 12.8 Å². The standard InChI is InChI=1S/C13H26N2O2/c1-4-13(14-2,12(16)17)8-5-9-15(3)10-11-6-7-11/h11,14H,4-10H2,1-3H3,(H,16,17). The maximum Gasteiger partial charge on any atom is 0.323 e. The number of hydrogen-bond acceptors (Lipinski definition) is 3. The first-order chi connectivity index (χ1) is 8.04. The van der Waals surface area contributed by atoms with Crippen LogP contribution in [-0.4, -0.2) is 48.7 Å². The van der Waals surface area contributed by atoms with Gasteiger partial charge in [0.2, 0.25) is 0 Å². The Kier molecular flexibility index (Phi) is 5.40. The Labute approximate surface area is 104 Å². The minimum Gasteiger partial charge on any atom is -0.480 e.